The fourth-order valence-electron chi connectivity index (χ4n) is 4.80. The van der Waals surface area contributed by atoms with Gasteiger partial charge in [-0.3, -0.25) is 4.79 Å². The van der Waals surface area contributed by atoms with Crippen LogP contribution in [0.4, 0.5) is 0 Å². The second-order valence-corrected chi connectivity index (χ2v) is 5.56. The minimum absolute atomic E-state index is 0.0891. The van der Waals surface area contributed by atoms with E-state index in [0.717, 1.165) is 12.8 Å². The van der Waals surface area contributed by atoms with Crippen molar-refractivity contribution < 1.29 is 14.4 Å². The van der Waals surface area contributed by atoms with Gasteiger partial charge in [0.2, 0.25) is 0 Å². The topological polar surface area (TPSA) is 38.8 Å². The predicted molar refractivity (Wildman–Crippen MR) is 62.1 cm³/mol. The van der Waals surface area contributed by atoms with E-state index in [9.17, 15) is 4.79 Å². The molecular weight excluding hydrogens is 218 g/mol. The number of hydroxylamine groups is 2. The zero-order valence-corrected chi connectivity index (χ0v) is 10.7. The molecule has 0 spiro atoms. The molecule has 1 saturated heterocycles. The zero-order valence-electron chi connectivity index (χ0n) is 10.7. The van der Waals surface area contributed by atoms with E-state index in [1.54, 1.807) is 7.11 Å². The van der Waals surface area contributed by atoms with Crippen molar-refractivity contribution in [1.29, 1.82) is 0 Å². The van der Waals surface area contributed by atoms with Crippen molar-refractivity contribution in [2.45, 2.75) is 57.0 Å². The largest absolute Gasteiger partial charge is 0.465 e. The zero-order chi connectivity index (χ0) is 12.1. The smallest absolute Gasteiger partial charge is 0.326 e. The van der Waals surface area contributed by atoms with Crippen LogP contribution in [0.3, 0.4) is 0 Å². The van der Waals surface area contributed by atoms with Gasteiger partial charge in [-0.15, -0.1) is 0 Å². The van der Waals surface area contributed by atoms with E-state index in [1.165, 1.54) is 25.7 Å². The Hall–Kier alpha value is -0.610. The SMILES string of the molecule is CCOC(=O)C1N(OC)C23CCCC12CCC3. The average molecular weight is 239 g/mol. The van der Waals surface area contributed by atoms with E-state index in [-0.39, 0.29) is 23.0 Å². The molecule has 0 bridgehead atoms. The number of hydrogen-bond donors (Lipinski definition) is 0. The van der Waals surface area contributed by atoms with Gasteiger partial charge in [0.15, 0.2) is 0 Å². The highest BCUT2D eigenvalue weighted by atomic mass is 16.7. The predicted octanol–water partition coefficient (Wildman–Crippen LogP) is 1.89. The van der Waals surface area contributed by atoms with Crippen LogP contribution >= 0.6 is 0 Å². The number of rotatable bonds is 3. The lowest BCUT2D eigenvalue weighted by atomic mass is 9.60. The first kappa shape index (κ1) is 11.5. The van der Waals surface area contributed by atoms with Crippen molar-refractivity contribution in [3.8, 4) is 0 Å². The lowest BCUT2D eigenvalue weighted by Crippen LogP contribution is -2.77. The molecule has 3 aliphatic rings. The maximum atomic E-state index is 12.1. The minimum Gasteiger partial charge on any atom is -0.465 e. The summed E-state index contributed by atoms with van der Waals surface area (Å²) in [4.78, 5) is 17.6. The van der Waals surface area contributed by atoms with Gasteiger partial charge >= 0.3 is 5.97 Å². The van der Waals surface area contributed by atoms with E-state index >= 15 is 0 Å². The fraction of sp³-hybridized carbons (Fsp3) is 0.923. The highest BCUT2D eigenvalue weighted by molar-refractivity contribution is 5.79. The summed E-state index contributed by atoms with van der Waals surface area (Å²) in [7, 11) is 1.68. The molecule has 3 rings (SSSR count). The molecule has 96 valence electrons. The van der Waals surface area contributed by atoms with Crippen molar-refractivity contribution in [1.82, 2.24) is 5.06 Å². The summed E-state index contributed by atoms with van der Waals surface area (Å²) in [6.45, 7) is 2.32. The number of hydrogen-bond acceptors (Lipinski definition) is 4. The first-order valence-corrected chi connectivity index (χ1v) is 6.72. The molecule has 4 heteroatoms. The normalized spacial score (nSPS) is 44.0. The Morgan fingerprint density at radius 3 is 2.47 bits per heavy atom. The Kier molecular flexibility index (Phi) is 2.49. The molecule has 1 aliphatic heterocycles. The molecule has 0 aromatic rings. The van der Waals surface area contributed by atoms with Gasteiger partial charge in [-0.1, -0.05) is 12.8 Å². The number of ether oxygens (including phenoxy) is 1. The summed E-state index contributed by atoms with van der Waals surface area (Å²) < 4.78 is 5.23. The summed E-state index contributed by atoms with van der Waals surface area (Å²) in [5.74, 6) is -0.0891. The van der Waals surface area contributed by atoms with Crippen LogP contribution in [0.2, 0.25) is 0 Å². The molecule has 1 unspecified atom stereocenters. The van der Waals surface area contributed by atoms with Gasteiger partial charge in [-0.2, -0.15) is 5.06 Å². The van der Waals surface area contributed by atoms with Crippen LogP contribution in [-0.2, 0) is 14.4 Å². The third-order valence-corrected chi connectivity index (χ3v) is 5.24. The van der Waals surface area contributed by atoms with Crippen LogP contribution in [0, 0.1) is 5.41 Å². The molecule has 1 atom stereocenters. The fourth-order valence-corrected chi connectivity index (χ4v) is 4.80. The molecule has 1 heterocycles. The maximum Gasteiger partial charge on any atom is 0.326 e. The summed E-state index contributed by atoms with van der Waals surface area (Å²) in [5, 5.41) is 1.95. The van der Waals surface area contributed by atoms with Gasteiger partial charge < -0.3 is 9.57 Å². The molecule has 17 heavy (non-hydrogen) atoms. The van der Waals surface area contributed by atoms with Gasteiger partial charge in [-0.25, -0.2) is 0 Å². The van der Waals surface area contributed by atoms with Crippen molar-refractivity contribution in [2.75, 3.05) is 13.7 Å². The number of carbonyl (C=O) groups is 1. The lowest BCUT2D eigenvalue weighted by Gasteiger charge is -2.63. The first-order chi connectivity index (χ1) is 8.22. The van der Waals surface area contributed by atoms with Crippen molar-refractivity contribution in [2.24, 2.45) is 5.41 Å². The third kappa shape index (κ3) is 1.13. The van der Waals surface area contributed by atoms with Gasteiger partial charge in [0.05, 0.1) is 19.3 Å². The summed E-state index contributed by atoms with van der Waals surface area (Å²) in [5.41, 5.74) is 0.314. The minimum atomic E-state index is -0.155. The quantitative estimate of drug-likeness (QED) is 0.705. The van der Waals surface area contributed by atoms with Crippen molar-refractivity contribution >= 4 is 5.97 Å². The monoisotopic (exact) mass is 239 g/mol. The molecule has 0 N–H and O–H groups in total. The molecule has 0 aromatic heterocycles. The average Bonchev–Trinajstić information content (AvgIpc) is 2.69. The Morgan fingerprint density at radius 2 is 1.94 bits per heavy atom. The third-order valence-electron chi connectivity index (χ3n) is 5.24. The molecule has 0 aromatic carbocycles. The van der Waals surface area contributed by atoms with Gasteiger partial charge in [-0.05, 0) is 32.6 Å². The number of carbonyl (C=O) groups excluding carboxylic acids is 1. The van der Waals surface area contributed by atoms with E-state index in [2.05, 4.69) is 0 Å². The molecule has 3 fully saturated rings. The van der Waals surface area contributed by atoms with Gasteiger partial charge in [0, 0.05) is 5.41 Å². The van der Waals surface area contributed by atoms with Crippen LogP contribution < -0.4 is 0 Å². The van der Waals surface area contributed by atoms with Crippen LogP contribution in [0.5, 0.6) is 0 Å². The Morgan fingerprint density at radius 1 is 1.29 bits per heavy atom. The van der Waals surface area contributed by atoms with Crippen LogP contribution in [-0.4, -0.2) is 36.3 Å². The lowest BCUT2D eigenvalue weighted by molar-refractivity contribution is -0.340. The van der Waals surface area contributed by atoms with Gasteiger partial charge in [0.1, 0.15) is 6.04 Å². The molecule has 2 saturated carbocycles. The molecular formula is C13H21NO3. The Bertz CT molecular complexity index is 332. The molecule has 4 nitrogen and oxygen atoms in total. The summed E-state index contributed by atoms with van der Waals surface area (Å²) >= 11 is 0. The van der Waals surface area contributed by atoms with E-state index in [0.29, 0.717) is 6.61 Å². The van der Waals surface area contributed by atoms with Crippen LogP contribution in [0.15, 0.2) is 0 Å². The summed E-state index contributed by atoms with van der Waals surface area (Å²) in [6, 6.07) is -0.155. The highest BCUT2D eigenvalue weighted by Crippen LogP contribution is 2.70. The van der Waals surface area contributed by atoms with Crippen LogP contribution in [0.1, 0.15) is 45.4 Å². The van der Waals surface area contributed by atoms with E-state index in [4.69, 9.17) is 9.57 Å². The van der Waals surface area contributed by atoms with Crippen molar-refractivity contribution in [3.05, 3.63) is 0 Å². The first-order valence-electron chi connectivity index (χ1n) is 6.72. The Labute approximate surface area is 102 Å². The molecule has 0 radical (unpaired) electrons. The Balaban J connectivity index is 1.92. The maximum absolute atomic E-state index is 12.1. The standard InChI is InChI=1S/C13H21NO3/c1-3-17-11(15)10-12-6-4-8-13(12,9-5-7-12)14(10)16-2/h10H,3-9H2,1-2H3. The second kappa shape index (κ2) is 3.69. The highest BCUT2D eigenvalue weighted by Gasteiger charge is 2.77. The van der Waals surface area contributed by atoms with Crippen molar-refractivity contribution in [3.63, 3.8) is 0 Å². The number of esters is 1. The molecule has 2 aliphatic carbocycles. The van der Waals surface area contributed by atoms with Gasteiger partial charge in [0.25, 0.3) is 0 Å². The summed E-state index contributed by atoms with van der Waals surface area (Å²) in [6.07, 6.45) is 7.12. The van der Waals surface area contributed by atoms with E-state index in [1.807, 2.05) is 12.0 Å². The number of nitrogens with zero attached hydrogens (tertiary/aromatic N) is 1. The van der Waals surface area contributed by atoms with Crippen LogP contribution in [0.25, 0.3) is 0 Å². The van der Waals surface area contributed by atoms with E-state index < -0.39 is 0 Å². The second-order valence-electron chi connectivity index (χ2n) is 5.56. The molecule has 0 amide bonds.